The first-order chi connectivity index (χ1) is 6.79. The van der Waals surface area contributed by atoms with E-state index in [0.717, 1.165) is 11.8 Å². The minimum absolute atomic E-state index is 0.175. The van der Waals surface area contributed by atoms with Crippen molar-refractivity contribution in [3.05, 3.63) is 29.3 Å². The van der Waals surface area contributed by atoms with Gasteiger partial charge in [-0.2, -0.15) is 0 Å². The molecular weight excluding hydrogens is 218 g/mol. The Morgan fingerprint density at radius 1 is 1.40 bits per heavy atom. The van der Waals surface area contributed by atoms with Crippen molar-refractivity contribution in [2.24, 2.45) is 0 Å². The number of sulfonamides is 1. The zero-order valence-electron chi connectivity index (χ0n) is 8.27. The van der Waals surface area contributed by atoms with Crippen LogP contribution in [0.15, 0.2) is 18.2 Å². The summed E-state index contributed by atoms with van der Waals surface area (Å²) in [4.78, 5) is 11.3. The lowest BCUT2D eigenvalue weighted by Crippen LogP contribution is -2.29. The summed E-state index contributed by atoms with van der Waals surface area (Å²) in [5.74, 6) is -1.39. The van der Waals surface area contributed by atoms with Gasteiger partial charge in [0.05, 0.1) is 6.26 Å². The number of hydrogen-bond donors (Lipinski definition) is 1. The first-order valence-electron chi connectivity index (χ1n) is 4.09. The van der Waals surface area contributed by atoms with Crippen molar-refractivity contribution in [2.45, 2.75) is 6.92 Å². The van der Waals surface area contributed by atoms with Crippen LogP contribution in [0.2, 0.25) is 0 Å². The van der Waals surface area contributed by atoms with Crippen LogP contribution < -0.4 is 9.83 Å². The van der Waals surface area contributed by atoms with Gasteiger partial charge >= 0.3 is 0 Å². The van der Waals surface area contributed by atoms with Crippen LogP contribution in [0.1, 0.15) is 15.9 Å². The largest absolute Gasteiger partial charge is 0.872 e. The quantitative estimate of drug-likeness (QED) is 0.756. The number of aryl methyl sites for hydroxylation is 1. The van der Waals surface area contributed by atoms with Crippen molar-refractivity contribution in [2.75, 3.05) is 6.26 Å². The van der Waals surface area contributed by atoms with Gasteiger partial charge in [0.25, 0.3) is 5.91 Å². The van der Waals surface area contributed by atoms with Gasteiger partial charge in [-0.05, 0) is 13.0 Å². The Bertz CT molecular complexity index is 493. The molecule has 1 N–H and O–H groups in total. The molecule has 1 aromatic rings. The Labute approximate surface area is 87.8 Å². The van der Waals surface area contributed by atoms with Crippen LogP contribution in [-0.2, 0) is 10.0 Å². The SMILES string of the molecule is Cc1ccc(C(=O)NS(C)(=O)=O)c([O-])c1. The van der Waals surface area contributed by atoms with Gasteiger partial charge in [-0.15, -0.1) is 0 Å². The Hall–Kier alpha value is -1.56. The summed E-state index contributed by atoms with van der Waals surface area (Å²) in [5, 5.41) is 11.3. The summed E-state index contributed by atoms with van der Waals surface area (Å²) in [5.41, 5.74) is 0.543. The van der Waals surface area contributed by atoms with E-state index in [2.05, 4.69) is 0 Å². The van der Waals surface area contributed by atoms with Crippen LogP contribution >= 0.6 is 0 Å². The number of carbonyl (C=O) groups is 1. The molecule has 0 aliphatic carbocycles. The molecule has 0 unspecified atom stereocenters. The predicted octanol–water partition coefficient (Wildman–Crippen LogP) is -0.242. The van der Waals surface area contributed by atoms with Crippen LogP contribution in [-0.4, -0.2) is 20.6 Å². The highest BCUT2D eigenvalue weighted by Gasteiger charge is 2.11. The molecule has 0 atom stereocenters. The molecule has 0 aliphatic heterocycles. The van der Waals surface area contributed by atoms with Gasteiger partial charge in [0.15, 0.2) is 0 Å². The lowest BCUT2D eigenvalue weighted by molar-refractivity contribution is -0.268. The van der Waals surface area contributed by atoms with Gasteiger partial charge in [0.2, 0.25) is 10.0 Å². The van der Waals surface area contributed by atoms with Gasteiger partial charge in [0.1, 0.15) is 0 Å². The molecule has 0 aromatic heterocycles. The van der Waals surface area contributed by atoms with Crippen LogP contribution in [0.5, 0.6) is 5.75 Å². The molecule has 1 amide bonds. The summed E-state index contributed by atoms with van der Waals surface area (Å²) in [6.07, 6.45) is 0.851. The molecule has 0 fully saturated rings. The highest BCUT2D eigenvalue weighted by atomic mass is 32.2. The van der Waals surface area contributed by atoms with E-state index in [1.807, 2.05) is 0 Å². The van der Waals surface area contributed by atoms with Gasteiger partial charge in [-0.1, -0.05) is 23.4 Å². The van der Waals surface area contributed by atoms with Crippen molar-refractivity contribution in [1.82, 2.24) is 4.72 Å². The zero-order chi connectivity index (χ0) is 11.6. The molecule has 0 heterocycles. The Morgan fingerprint density at radius 2 is 2.00 bits per heavy atom. The predicted molar refractivity (Wildman–Crippen MR) is 52.9 cm³/mol. The standard InChI is InChI=1S/C9H11NO4S/c1-6-3-4-7(8(11)5-6)9(12)10-15(2,13)14/h3-5,11H,1-2H3,(H,10,12)/p-1. The average molecular weight is 228 g/mol. The maximum Gasteiger partial charge on any atom is 0.264 e. The van der Waals surface area contributed by atoms with Crippen molar-refractivity contribution in [3.63, 3.8) is 0 Å². The molecule has 0 aliphatic rings. The third-order valence-corrected chi connectivity index (χ3v) is 2.22. The van der Waals surface area contributed by atoms with E-state index in [-0.39, 0.29) is 5.56 Å². The van der Waals surface area contributed by atoms with Crippen molar-refractivity contribution in [1.29, 1.82) is 0 Å². The normalized spacial score (nSPS) is 11.1. The fourth-order valence-electron chi connectivity index (χ4n) is 1.04. The number of amides is 1. The molecule has 0 bridgehead atoms. The summed E-state index contributed by atoms with van der Waals surface area (Å²) >= 11 is 0. The molecule has 0 spiro atoms. The number of rotatable bonds is 2. The van der Waals surface area contributed by atoms with E-state index in [9.17, 15) is 18.3 Å². The van der Waals surface area contributed by atoms with Gasteiger partial charge in [0, 0.05) is 5.56 Å². The zero-order valence-corrected chi connectivity index (χ0v) is 9.09. The van der Waals surface area contributed by atoms with Crippen LogP contribution in [0.3, 0.4) is 0 Å². The van der Waals surface area contributed by atoms with Gasteiger partial charge in [-0.25, -0.2) is 13.1 Å². The first-order valence-corrected chi connectivity index (χ1v) is 5.98. The second-order valence-corrected chi connectivity index (χ2v) is 4.95. The molecule has 0 saturated heterocycles. The summed E-state index contributed by atoms with van der Waals surface area (Å²) in [7, 11) is -3.64. The monoisotopic (exact) mass is 228 g/mol. The maximum atomic E-state index is 11.3. The van der Waals surface area contributed by atoms with E-state index in [1.165, 1.54) is 12.1 Å². The second-order valence-electron chi connectivity index (χ2n) is 3.20. The van der Waals surface area contributed by atoms with E-state index in [4.69, 9.17) is 0 Å². The van der Waals surface area contributed by atoms with Crippen molar-refractivity contribution < 1.29 is 18.3 Å². The smallest absolute Gasteiger partial charge is 0.264 e. The van der Waals surface area contributed by atoms with Gasteiger partial charge < -0.3 is 5.11 Å². The maximum absolute atomic E-state index is 11.3. The Morgan fingerprint density at radius 3 is 2.47 bits per heavy atom. The van der Waals surface area contributed by atoms with Crippen LogP contribution in [0.4, 0.5) is 0 Å². The molecule has 0 saturated carbocycles. The second kappa shape index (κ2) is 3.90. The number of hydrogen-bond acceptors (Lipinski definition) is 4. The van der Waals surface area contributed by atoms with E-state index >= 15 is 0 Å². The highest BCUT2D eigenvalue weighted by molar-refractivity contribution is 7.89. The van der Waals surface area contributed by atoms with Crippen molar-refractivity contribution >= 4 is 15.9 Å². The fraction of sp³-hybridized carbons (Fsp3) is 0.222. The minimum Gasteiger partial charge on any atom is -0.872 e. The molecular formula is C9H10NO4S-. The fourth-order valence-corrected chi connectivity index (χ4v) is 1.49. The van der Waals surface area contributed by atoms with Crippen LogP contribution in [0.25, 0.3) is 0 Å². The number of nitrogens with one attached hydrogen (secondary N) is 1. The lowest BCUT2D eigenvalue weighted by atomic mass is 10.1. The van der Waals surface area contributed by atoms with Crippen molar-refractivity contribution in [3.8, 4) is 5.75 Å². The molecule has 1 aromatic carbocycles. The summed E-state index contributed by atoms with van der Waals surface area (Å²) in [6.45, 7) is 1.71. The molecule has 5 nitrogen and oxygen atoms in total. The van der Waals surface area contributed by atoms with E-state index < -0.39 is 21.7 Å². The Balaban J connectivity index is 3.02. The average Bonchev–Trinajstić information content (AvgIpc) is 1.99. The molecule has 15 heavy (non-hydrogen) atoms. The molecule has 82 valence electrons. The Kier molecular flexibility index (Phi) is 2.99. The minimum atomic E-state index is -3.64. The third-order valence-electron chi connectivity index (χ3n) is 1.66. The molecule has 1 rings (SSSR count). The van der Waals surface area contributed by atoms with E-state index in [1.54, 1.807) is 17.7 Å². The van der Waals surface area contributed by atoms with Crippen LogP contribution in [0, 0.1) is 6.92 Å². The number of benzene rings is 1. The van der Waals surface area contributed by atoms with Gasteiger partial charge in [-0.3, -0.25) is 4.79 Å². The van der Waals surface area contributed by atoms with E-state index in [0.29, 0.717) is 0 Å². The lowest BCUT2D eigenvalue weighted by Gasteiger charge is -2.13. The summed E-state index contributed by atoms with van der Waals surface area (Å²) < 4.78 is 23.2. The molecule has 0 radical (unpaired) electrons. The molecule has 6 heteroatoms. The first kappa shape index (κ1) is 11.5. The summed E-state index contributed by atoms with van der Waals surface area (Å²) in [6, 6.07) is 4.15. The highest BCUT2D eigenvalue weighted by Crippen LogP contribution is 2.15. The number of carbonyl (C=O) groups excluding carboxylic acids is 1. The third kappa shape index (κ3) is 3.25. The topological polar surface area (TPSA) is 86.3 Å².